The zero-order valence-electron chi connectivity index (χ0n) is 26.3. The minimum absolute atomic E-state index is 0.737. The number of methoxy groups -OCH3 is 1. The molecule has 0 N–H and O–H groups in total. The average Bonchev–Trinajstić information content (AvgIpc) is 3.68. The lowest BCUT2D eigenvalue weighted by Gasteiger charge is -2.17. The molecule has 6 nitrogen and oxygen atoms in total. The first-order valence-corrected chi connectivity index (χ1v) is 15.5. The monoisotopic (exact) mass is 592 g/mol. The van der Waals surface area contributed by atoms with Gasteiger partial charge in [-0.15, -0.1) is 0 Å². The number of fused-ring (bicyclic) bond motifs is 3. The molecular formula is C39H36N4O2. The molecule has 3 heterocycles. The zero-order chi connectivity index (χ0) is 31.1. The minimum atomic E-state index is 0.737. The summed E-state index contributed by atoms with van der Waals surface area (Å²) in [5, 5.41) is 7.07. The summed E-state index contributed by atoms with van der Waals surface area (Å²) in [6.07, 6.45) is 7.87. The van der Waals surface area contributed by atoms with Gasteiger partial charge in [0.25, 0.3) is 0 Å². The van der Waals surface area contributed by atoms with Crippen LogP contribution in [0.2, 0.25) is 0 Å². The van der Waals surface area contributed by atoms with E-state index in [0.29, 0.717) is 0 Å². The van der Waals surface area contributed by atoms with E-state index in [1.54, 1.807) is 13.3 Å². The summed E-state index contributed by atoms with van der Waals surface area (Å²) < 4.78 is 16.1. The van der Waals surface area contributed by atoms with Crippen LogP contribution in [-0.2, 0) is 12.8 Å². The first-order valence-electron chi connectivity index (χ1n) is 15.5. The quantitative estimate of drug-likeness (QED) is 0.176. The summed E-state index contributed by atoms with van der Waals surface area (Å²) in [5.74, 6) is 3.02. The van der Waals surface area contributed by atoms with Gasteiger partial charge in [0.1, 0.15) is 23.1 Å². The molecular weight excluding hydrogens is 556 g/mol. The molecule has 0 radical (unpaired) electrons. The molecule has 6 heteroatoms. The van der Waals surface area contributed by atoms with Crippen LogP contribution in [0.25, 0.3) is 44.4 Å². The van der Waals surface area contributed by atoms with Gasteiger partial charge >= 0.3 is 0 Å². The topological polar surface area (TPSA) is 54.1 Å². The molecule has 0 saturated heterocycles. The molecule has 0 saturated carbocycles. The molecule has 7 rings (SSSR count). The van der Waals surface area contributed by atoms with Crippen LogP contribution in [-0.4, -0.2) is 26.4 Å². The highest BCUT2D eigenvalue weighted by atomic mass is 16.5. The fourth-order valence-electron chi connectivity index (χ4n) is 6.66. The van der Waals surface area contributed by atoms with Gasteiger partial charge in [0.2, 0.25) is 0 Å². The Hall–Kier alpha value is -5.36. The maximum Gasteiger partial charge on any atom is 0.141 e. The largest absolute Gasteiger partial charge is 0.497 e. The van der Waals surface area contributed by atoms with E-state index >= 15 is 0 Å². The minimum Gasteiger partial charge on any atom is -0.497 e. The maximum atomic E-state index is 6.48. The lowest BCUT2D eigenvalue weighted by atomic mass is 9.87. The molecule has 0 fully saturated rings. The SMILES string of the molecule is CCc1c(C)cc(C)c(CC)c1-c1cnn(-c2cccc(Oc3ccc4c5ccccc5n(-c5cc(OC)ccn5)c4c3)c2)c1. The number of ether oxygens (including phenoxy) is 2. The van der Waals surface area contributed by atoms with Crippen molar-refractivity contribution in [1.82, 2.24) is 19.3 Å². The Kier molecular flexibility index (Phi) is 7.34. The summed E-state index contributed by atoms with van der Waals surface area (Å²) in [6.45, 7) is 8.89. The normalized spacial score (nSPS) is 11.4. The van der Waals surface area contributed by atoms with E-state index in [4.69, 9.17) is 14.6 Å². The van der Waals surface area contributed by atoms with Gasteiger partial charge in [-0.05, 0) is 90.9 Å². The highest BCUT2D eigenvalue weighted by Crippen LogP contribution is 2.37. The second kappa shape index (κ2) is 11.6. The van der Waals surface area contributed by atoms with Crippen LogP contribution in [0.15, 0.2) is 104 Å². The van der Waals surface area contributed by atoms with Crippen LogP contribution in [0.3, 0.4) is 0 Å². The third-order valence-electron chi connectivity index (χ3n) is 8.71. The number of hydrogen-bond acceptors (Lipinski definition) is 4. The van der Waals surface area contributed by atoms with Crippen molar-refractivity contribution in [2.45, 2.75) is 40.5 Å². The molecule has 0 amide bonds. The van der Waals surface area contributed by atoms with E-state index in [1.165, 1.54) is 27.8 Å². The van der Waals surface area contributed by atoms with Crippen LogP contribution in [0.5, 0.6) is 17.2 Å². The highest BCUT2D eigenvalue weighted by molar-refractivity contribution is 6.09. The summed E-state index contributed by atoms with van der Waals surface area (Å²) >= 11 is 0. The van der Waals surface area contributed by atoms with Crippen molar-refractivity contribution in [3.05, 3.63) is 126 Å². The van der Waals surface area contributed by atoms with Crippen molar-refractivity contribution in [3.63, 3.8) is 0 Å². The number of rotatable bonds is 8. The molecule has 4 aromatic carbocycles. The fourth-order valence-corrected chi connectivity index (χ4v) is 6.66. The highest BCUT2D eigenvalue weighted by Gasteiger charge is 2.17. The number of aromatic nitrogens is 4. The van der Waals surface area contributed by atoms with Gasteiger partial charge in [0.05, 0.1) is 30.0 Å². The number of benzene rings is 4. The van der Waals surface area contributed by atoms with Gasteiger partial charge in [-0.1, -0.05) is 44.2 Å². The summed E-state index contributed by atoms with van der Waals surface area (Å²) in [6, 6.07) is 28.8. The molecule has 45 heavy (non-hydrogen) atoms. The smallest absolute Gasteiger partial charge is 0.141 e. The Balaban J connectivity index is 1.25. The number of aryl methyl sites for hydroxylation is 2. The van der Waals surface area contributed by atoms with E-state index in [2.05, 4.69) is 85.9 Å². The van der Waals surface area contributed by atoms with Crippen molar-refractivity contribution in [3.8, 4) is 39.9 Å². The number of pyridine rings is 1. The van der Waals surface area contributed by atoms with Gasteiger partial charge < -0.3 is 9.47 Å². The van der Waals surface area contributed by atoms with Crippen molar-refractivity contribution in [2.75, 3.05) is 7.11 Å². The van der Waals surface area contributed by atoms with Crippen LogP contribution >= 0.6 is 0 Å². The van der Waals surface area contributed by atoms with Crippen LogP contribution in [0, 0.1) is 13.8 Å². The van der Waals surface area contributed by atoms with E-state index in [-0.39, 0.29) is 0 Å². The van der Waals surface area contributed by atoms with E-state index < -0.39 is 0 Å². The predicted octanol–water partition coefficient (Wildman–Crippen LogP) is 9.57. The summed E-state index contributed by atoms with van der Waals surface area (Å²) in [4.78, 5) is 4.68. The number of hydrogen-bond donors (Lipinski definition) is 0. The first kappa shape index (κ1) is 28.4. The van der Waals surface area contributed by atoms with Gasteiger partial charge in [-0.25, -0.2) is 9.67 Å². The third kappa shape index (κ3) is 5.02. The third-order valence-corrected chi connectivity index (χ3v) is 8.71. The Bertz CT molecular complexity index is 2160. The lowest BCUT2D eigenvalue weighted by molar-refractivity contribution is 0.414. The standard InChI is InChI=1S/C39H36N4O2/c1-6-32-25(3)19-26(4)33(7-2)39(32)27-23-41-42(24-27)28-11-10-12-30(20-28)45-31-15-16-35-34-13-8-9-14-36(34)43(37(35)21-31)38-22-29(44-5)17-18-40-38/h8-24H,6-7H2,1-5H3. The zero-order valence-corrected chi connectivity index (χ0v) is 26.3. The Morgan fingerprint density at radius 3 is 2.24 bits per heavy atom. The average molecular weight is 593 g/mol. The lowest BCUT2D eigenvalue weighted by Crippen LogP contribution is -2.00. The van der Waals surface area contributed by atoms with Crippen molar-refractivity contribution >= 4 is 21.8 Å². The van der Waals surface area contributed by atoms with Crippen LogP contribution in [0.4, 0.5) is 0 Å². The Labute approximate surface area is 263 Å². The van der Waals surface area contributed by atoms with Gasteiger partial charge in [-0.2, -0.15) is 5.10 Å². The molecule has 3 aromatic heterocycles. The van der Waals surface area contributed by atoms with E-state index in [9.17, 15) is 0 Å². The van der Waals surface area contributed by atoms with Crippen molar-refractivity contribution in [1.29, 1.82) is 0 Å². The number of para-hydroxylation sites is 1. The second-order valence-electron chi connectivity index (χ2n) is 11.4. The van der Waals surface area contributed by atoms with Gasteiger partial charge in [0, 0.05) is 46.9 Å². The van der Waals surface area contributed by atoms with Gasteiger partial charge in [0.15, 0.2) is 0 Å². The van der Waals surface area contributed by atoms with Crippen LogP contribution in [0.1, 0.15) is 36.1 Å². The molecule has 0 atom stereocenters. The van der Waals surface area contributed by atoms with E-state index in [1.807, 2.05) is 53.3 Å². The van der Waals surface area contributed by atoms with Crippen molar-refractivity contribution in [2.24, 2.45) is 0 Å². The molecule has 0 aliphatic rings. The fraction of sp³-hybridized carbons (Fsp3) is 0.179. The van der Waals surface area contributed by atoms with Crippen LogP contribution < -0.4 is 9.47 Å². The van der Waals surface area contributed by atoms with Crippen molar-refractivity contribution < 1.29 is 9.47 Å². The number of nitrogens with zero attached hydrogens (tertiary/aromatic N) is 4. The maximum absolute atomic E-state index is 6.48. The molecule has 0 aliphatic carbocycles. The van der Waals surface area contributed by atoms with Gasteiger partial charge in [-0.3, -0.25) is 4.57 Å². The molecule has 0 spiro atoms. The molecule has 224 valence electrons. The predicted molar refractivity (Wildman–Crippen MR) is 182 cm³/mol. The molecule has 7 aromatic rings. The van der Waals surface area contributed by atoms with E-state index in [0.717, 1.165) is 69.0 Å². The molecule has 0 aliphatic heterocycles. The summed E-state index contributed by atoms with van der Waals surface area (Å²) in [5.41, 5.74) is 11.0. The second-order valence-corrected chi connectivity index (χ2v) is 11.4. The Morgan fingerprint density at radius 1 is 0.711 bits per heavy atom. The summed E-state index contributed by atoms with van der Waals surface area (Å²) in [7, 11) is 1.67. The molecule has 0 bridgehead atoms. The first-order chi connectivity index (χ1) is 22.0. The molecule has 0 unspecified atom stereocenters. The Morgan fingerprint density at radius 2 is 1.47 bits per heavy atom.